The smallest absolute Gasteiger partial charge is 0.200 e. The van der Waals surface area contributed by atoms with Gasteiger partial charge in [-0.1, -0.05) is 72.8 Å². The van der Waals surface area contributed by atoms with Crippen LogP contribution in [0, 0.1) is 11.7 Å². The SMILES string of the molecule is Cc1cccc(N2C(=S)Nc3nc(=S)[nH]c(N/N=C/c4ccccc4)c3C2c2ccccc2)c1. The van der Waals surface area contributed by atoms with Crippen LogP contribution in [0.2, 0.25) is 0 Å². The number of thiocarbonyl (C=S) groups is 1. The van der Waals surface area contributed by atoms with Crippen LogP contribution in [-0.4, -0.2) is 21.3 Å². The van der Waals surface area contributed by atoms with Crippen LogP contribution >= 0.6 is 24.4 Å². The summed E-state index contributed by atoms with van der Waals surface area (Å²) < 4.78 is 0.335. The molecule has 1 atom stereocenters. The number of nitrogens with zero attached hydrogens (tertiary/aromatic N) is 3. The van der Waals surface area contributed by atoms with Gasteiger partial charge in [-0.05, 0) is 60.2 Å². The second kappa shape index (κ2) is 9.54. The van der Waals surface area contributed by atoms with E-state index >= 15 is 0 Å². The Morgan fingerprint density at radius 3 is 2.44 bits per heavy atom. The predicted molar refractivity (Wildman–Crippen MR) is 145 cm³/mol. The lowest BCUT2D eigenvalue weighted by Gasteiger charge is -2.39. The highest BCUT2D eigenvalue weighted by molar-refractivity contribution is 7.80. The number of benzene rings is 3. The van der Waals surface area contributed by atoms with Crippen LogP contribution in [0.5, 0.6) is 0 Å². The van der Waals surface area contributed by atoms with Crippen molar-refractivity contribution in [1.82, 2.24) is 9.97 Å². The van der Waals surface area contributed by atoms with Gasteiger partial charge in [0.15, 0.2) is 9.88 Å². The van der Waals surface area contributed by atoms with E-state index in [1.807, 2.05) is 54.6 Å². The van der Waals surface area contributed by atoms with Crippen LogP contribution in [0.4, 0.5) is 17.3 Å². The Bertz CT molecular complexity index is 1420. The molecule has 3 N–H and O–H groups in total. The van der Waals surface area contributed by atoms with Crippen molar-refractivity contribution in [2.24, 2.45) is 5.10 Å². The van der Waals surface area contributed by atoms with E-state index in [-0.39, 0.29) is 6.04 Å². The third kappa shape index (κ3) is 4.46. The van der Waals surface area contributed by atoms with Gasteiger partial charge in [0.25, 0.3) is 0 Å². The van der Waals surface area contributed by atoms with E-state index in [2.05, 4.69) is 68.0 Å². The molecule has 1 unspecified atom stereocenters. The summed E-state index contributed by atoms with van der Waals surface area (Å²) in [5.74, 6) is 1.27. The van der Waals surface area contributed by atoms with Gasteiger partial charge in [0.05, 0.1) is 17.8 Å². The maximum Gasteiger partial charge on any atom is 0.200 e. The van der Waals surface area contributed by atoms with Crippen molar-refractivity contribution in [3.05, 3.63) is 112 Å². The van der Waals surface area contributed by atoms with Crippen molar-refractivity contribution in [1.29, 1.82) is 0 Å². The standard InChI is InChI=1S/C26H22N6S2/c1-17-9-8-14-20(15-17)32-22(19-12-6-3-7-13-19)21-23(30-26(32)34)28-25(33)29-24(21)31-27-16-18-10-4-2-5-11-18/h2-16,22H,1H3,(H3,28,29,30,31,33,34)/b27-16+. The topological polar surface area (TPSA) is 68.3 Å². The molecule has 0 saturated carbocycles. The van der Waals surface area contributed by atoms with E-state index in [0.717, 1.165) is 27.9 Å². The van der Waals surface area contributed by atoms with Crippen molar-refractivity contribution in [3.63, 3.8) is 0 Å². The van der Waals surface area contributed by atoms with E-state index < -0.39 is 0 Å². The lowest BCUT2D eigenvalue weighted by atomic mass is 9.95. The zero-order chi connectivity index (χ0) is 23.5. The van der Waals surface area contributed by atoms with E-state index in [0.29, 0.717) is 21.5 Å². The molecule has 2 heterocycles. The number of hydrogen-bond donors (Lipinski definition) is 3. The molecule has 5 rings (SSSR count). The van der Waals surface area contributed by atoms with E-state index in [1.54, 1.807) is 6.21 Å². The molecule has 0 amide bonds. The van der Waals surface area contributed by atoms with Crippen LogP contribution in [0.3, 0.4) is 0 Å². The van der Waals surface area contributed by atoms with Crippen molar-refractivity contribution in [2.45, 2.75) is 13.0 Å². The van der Waals surface area contributed by atoms with Gasteiger partial charge in [0.1, 0.15) is 11.6 Å². The zero-order valence-electron chi connectivity index (χ0n) is 18.4. The largest absolute Gasteiger partial charge is 0.316 e. The molecule has 3 aromatic carbocycles. The fourth-order valence-corrected chi connectivity index (χ4v) is 4.55. The minimum atomic E-state index is -0.250. The molecule has 1 aliphatic rings. The van der Waals surface area contributed by atoms with Gasteiger partial charge in [-0.25, -0.2) is 4.98 Å². The van der Waals surface area contributed by atoms with Crippen LogP contribution in [0.15, 0.2) is 90.0 Å². The van der Waals surface area contributed by atoms with Gasteiger partial charge in [0, 0.05) is 5.69 Å². The summed E-state index contributed by atoms with van der Waals surface area (Å²) in [7, 11) is 0. The molecule has 0 bridgehead atoms. The van der Waals surface area contributed by atoms with Crippen molar-refractivity contribution in [2.75, 3.05) is 15.6 Å². The first-order chi connectivity index (χ1) is 16.6. The van der Waals surface area contributed by atoms with Gasteiger partial charge in [-0.2, -0.15) is 5.10 Å². The van der Waals surface area contributed by atoms with Gasteiger partial charge >= 0.3 is 0 Å². The van der Waals surface area contributed by atoms with Crippen LogP contribution in [0.25, 0.3) is 0 Å². The quantitative estimate of drug-likeness (QED) is 0.179. The average Bonchev–Trinajstić information content (AvgIpc) is 2.84. The number of hydrogen-bond acceptors (Lipinski definition) is 5. The molecule has 0 aliphatic carbocycles. The molecule has 1 aromatic heterocycles. The molecule has 1 aliphatic heterocycles. The van der Waals surface area contributed by atoms with E-state index in [1.165, 1.54) is 0 Å². The molecule has 8 heteroatoms. The number of nitrogens with one attached hydrogen (secondary N) is 3. The molecule has 0 radical (unpaired) electrons. The molecule has 0 saturated heterocycles. The third-order valence-electron chi connectivity index (χ3n) is 5.53. The fraction of sp³-hybridized carbons (Fsp3) is 0.0769. The van der Waals surface area contributed by atoms with Gasteiger partial charge < -0.3 is 15.2 Å². The van der Waals surface area contributed by atoms with E-state index in [4.69, 9.17) is 24.4 Å². The summed E-state index contributed by atoms with van der Waals surface area (Å²) in [6, 6.07) is 28.1. The highest BCUT2D eigenvalue weighted by atomic mass is 32.1. The summed E-state index contributed by atoms with van der Waals surface area (Å²) in [5.41, 5.74) is 8.21. The van der Waals surface area contributed by atoms with Gasteiger partial charge in [0.2, 0.25) is 0 Å². The Morgan fingerprint density at radius 1 is 0.971 bits per heavy atom. The van der Waals surface area contributed by atoms with Gasteiger partial charge in [-0.3, -0.25) is 5.43 Å². The number of H-pyrrole nitrogens is 1. The van der Waals surface area contributed by atoms with E-state index in [9.17, 15) is 0 Å². The summed E-state index contributed by atoms with van der Waals surface area (Å²) in [5, 5.41) is 8.30. The molecule has 4 aromatic rings. The second-order valence-corrected chi connectivity index (χ2v) is 8.69. The number of aromatic nitrogens is 2. The monoisotopic (exact) mass is 482 g/mol. The number of fused-ring (bicyclic) bond motifs is 1. The number of hydrazone groups is 1. The van der Waals surface area contributed by atoms with Crippen molar-refractivity contribution < 1.29 is 0 Å². The molecule has 168 valence electrons. The van der Waals surface area contributed by atoms with Crippen molar-refractivity contribution >= 4 is 53.1 Å². The maximum absolute atomic E-state index is 5.82. The summed E-state index contributed by atoms with van der Waals surface area (Å²) in [6.45, 7) is 2.07. The number of rotatable bonds is 5. The second-order valence-electron chi connectivity index (χ2n) is 7.91. The normalized spacial score (nSPS) is 15.1. The Labute approximate surface area is 208 Å². The molecule has 0 spiro atoms. The summed E-state index contributed by atoms with van der Waals surface area (Å²) in [6.07, 6.45) is 1.76. The third-order valence-corrected chi connectivity index (χ3v) is 6.02. The zero-order valence-corrected chi connectivity index (χ0v) is 20.0. The minimum Gasteiger partial charge on any atom is -0.316 e. The lowest BCUT2D eigenvalue weighted by molar-refractivity contribution is 0.815. The first-order valence-electron chi connectivity index (χ1n) is 10.8. The molecule has 34 heavy (non-hydrogen) atoms. The highest BCUT2D eigenvalue weighted by Gasteiger charge is 2.36. The Morgan fingerprint density at radius 2 is 1.71 bits per heavy atom. The number of aromatic amines is 1. The lowest BCUT2D eigenvalue weighted by Crippen LogP contribution is -2.43. The highest BCUT2D eigenvalue weighted by Crippen LogP contribution is 2.42. The molecule has 0 fully saturated rings. The molecular weight excluding hydrogens is 460 g/mol. The molecular formula is C26H22N6S2. The maximum atomic E-state index is 5.82. The van der Waals surface area contributed by atoms with Gasteiger partial charge in [-0.15, -0.1) is 0 Å². The number of anilines is 3. The first kappa shape index (κ1) is 21.9. The Kier molecular flexibility index (Phi) is 6.16. The summed E-state index contributed by atoms with van der Waals surface area (Å²) >= 11 is 11.2. The predicted octanol–water partition coefficient (Wildman–Crippen LogP) is 6.20. The minimum absolute atomic E-state index is 0.250. The van der Waals surface area contributed by atoms with Crippen LogP contribution in [-0.2, 0) is 0 Å². The molecule has 6 nitrogen and oxygen atoms in total. The first-order valence-corrected chi connectivity index (χ1v) is 11.6. The fourth-order valence-electron chi connectivity index (χ4n) is 4.05. The average molecular weight is 483 g/mol. The number of aryl methyl sites for hydroxylation is 1. The Balaban J connectivity index is 1.65. The van der Waals surface area contributed by atoms with Crippen molar-refractivity contribution in [3.8, 4) is 0 Å². The van der Waals surface area contributed by atoms with Crippen LogP contribution in [0.1, 0.15) is 28.3 Å². The Hall–Kier alpha value is -3.88. The van der Waals surface area contributed by atoms with Crippen LogP contribution < -0.4 is 15.6 Å². The summed E-state index contributed by atoms with van der Waals surface area (Å²) in [4.78, 5) is 9.84.